The smallest absolute Gasteiger partial charge is 0.140 e. The van der Waals surface area contributed by atoms with E-state index in [1.54, 1.807) is 6.08 Å². The third kappa shape index (κ3) is 9.15. The summed E-state index contributed by atoms with van der Waals surface area (Å²) in [4.78, 5) is 0. The topological polar surface area (TPSA) is 0 Å². The number of hydrogen-bond donors (Lipinski definition) is 0. The molecule has 1 aliphatic carbocycles. The summed E-state index contributed by atoms with van der Waals surface area (Å²) in [6, 6.07) is 8.77. The highest BCUT2D eigenvalue weighted by Crippen LogP contribution is 2.23. The van der Waals surface area contributed by atoms with Crippen LogP contribution in [0.15, 0.2) is 83.5 Å². The Labute approximate surface area is 196 Å². The monoisotopic (exact) mass is 434 g/mol. The molecule has 1 aliphatic rings. The van der Waals surface area contributed by atoms with Gasteiger partial charge in [0.1, 0.15) is 6.17 Å². The molecule has 0 saturated heterocycles. The van der Waals surface area contributed by atoms with Crippen LogP contribution in [0.4, 0.5) is 4.39 Å². The molecule has 0 heterocycles. The van der Waals surface area contributed by atoms with Gasteiger partial charge in [0.2, 0.25) is 0 Å². The number of rotatable bonds is 13. The molecule has 0 amide bonds. The van der Waals surface area contributed by atoms with Crippen LogP contribution in [0.25, 0.3) is 0 Å². The Hall–Kier alpha value is -2.15. The summed E-state index contributed by atoms with van der Waals surface area (Å²) in [5.41, 5.74) is 6.16. The summed E-state index contributed by atoms with van der Waals surface area (Å²) in [6.45, 7) is 8.68. The average molecular weight is 435 g/mol. The van der Waals surface area contributed by atoms with Gasteiger partial charge in [-0.25, -0.2) is 4.39 Å². The zero-order valence-corrected chi connectivity index (χ0v) is 20.7. The number of allylic oxidation sites excluding steroid dienone is 10. The zero-order valence-electron chi connectivity index (χ0n) is 20.7. The SMILES string of the molecule is CC/C=C(/Cc1ccc(CCCCC)cc1)C(F)/C=C\C(C)C1=CC=C(CCC)CC=C1. The van der Waals surface area contributed by atoms with E-state index in [4.69, 9.17) is 0 Å². The maximum atomic E-state index is 15.2. The molecule has 32 heavy (non-hydrogen) atoms. The predicted molar refractivity (Wildman–Crippen MR) is 140 cm³/mol. The Kier molecular flexibility index (Phi) is 12.1. The zero-order chi connectivity index (χ0) is 23.2. The molecule has 1 heteroatoms. The standard InChI is InChI=1S/C31H43F/c1-5-8-9-13-27-17-19-28(20-18-27)24-30(12-7-3)31(32)23-16-25(4)29-15-10-14-26(11-6-2)21-22-29/h10,12,15-23,25,31H,5-9,11,13-14,24H2,1-4H3/b23-16-,30-12-. The van der Waals surface area contributed by atoms with Gasteiger partial charge in [-0.2, -0.15) is 0 Å². The lowest BCUT2D eigenvalue weighted by atomic mass is 9.95. The number of halogens is 1. The molecular formula is C31H43F. The summed E-state index contributed by atoms with van der Waals surface area (Å²) in [7, 11) is 0. The van der Waals surface area contributed by atoms with Crippen LogP contribution < -0.4 is 0 Å². The lowest BCUT2D eigenvalue weighted by molar-refractivity contribution is 0.441. The normalized spacial score (nSPS) is 16.6. The van der Waals surface area contributed by atoms with E-state index in [9.17, 15) is 0 Å². The first-order chi connectivity index (χ1) is 15.6. The van der Waals surface area contributed by atoms with E-state index >= 15 is 4.39 Å². The van der Waals surface area contributed by atoms with E-state index < -0.39 is 6.17 Å². The summed E-state index contributed by atoms with van der Waals surface area (Å²) in [6.07, 6.45) is 23.5. The molecule has 0 aromatic heterocycles. The molecule has 0 bridgehead atoms. The van der Waals surface area contributed by atoms with E-state index in [2.05, 4.69) is 82.3 Å². The Bertz CT molecular complexity index is 817. The number of unbranched alkanes of at least 4 members (excludes halogenated alkanes) is 2. The van der Waals surface area contributed by atoms with Crippen molar-refractivity contribution < 1.29 is 4.39 Å². The van der Waals surface area contributed by atoms with Crippen LogP contribution in [0.3, 0.4) is 0 Å². The van der Waals surface area contributed by atoms with E-state index in [-0.39, 0.29) is 5.92 Å². The molecule has 0 fully saturated rings. The van der Waals surface area contributed by atoms with Crippen LogP contribution in [0.2, 0.25) is 0 Å². The van der Waals surface area contributed by atoms with E-state index in [1.165, 1.54) is 48.0 Å². The van der Waals surface area contributed by atoms with Crippen molar-refractivity contribution in [2.45, 2.75) is 91.7 Å². The minimum atomic E-state index is -1.04. The first-order valence-corrected chi connectivity index (χ1v) is 12.7. The maximum Gasteiger partial charge on any atom is 0.140 e. The molecule has 0 aliphatic heterocycles. The molecule has 0 spiro atoms. The highest BCUT2D eigenvalue weighted by molar-refractivity contribution is 5.35. The fourth-order valence-corrected chi connectivity index (χ4v) is 4.18. The summed E-state index contributed by atoms with van der Waals surface area (Å²) < 4.78 is 15.2. The van der Waals surface area contributed by atoms with Gasteiger partial charge < -0.3 is 0 Å². The Morgan fingerprint density at radius 2 is 1.69 bits per heavy atom. The van der Waals surface area contributed by atoms with Gasteiger partial charge in [0, 0.05) is 0 Å². The first kappa shape index (κ1) is 26.1. The van der Waals surface area contributed by atoms with Gasteiger partial charge in [-0.3, -0.25) is 0 Å². The van der Waals surface area contributed by atoms with Crippen molar-refractivity contribution in [1.82, 2.24) is 0 Å². The van der Waals surface area contributed by atoms with Gasteiger partial charge >= 0.3 is 0 Å². The van der Waals surface area contributed by atoms with Crippen molar-refractivity contribution in [1.29, 1.82) is 0 Å². The van der Waals surface area contributed by atoms with Crippen LogP contribution >= 0.6 is 0 Å². The first-order valence-electron chi connectivity index (χ1n) is 12.7. The van der Waals surface area contributed by atoms with Crippen molar-refractivity contribution in [3.05, 3.63) is 94.6 Å². The number of benzene rings is 1. The number of alkyl halides is 1. The summed E-state index contributed by atoms with van der Waals surface area (Å²) in [5.74, 6) is 0.201. The second-order valence-electron chi connectivity index (χ2n) is 9.06. The lowest BCUT2D eigenvalue weighted by Crippen LogP contribution is -2.06. The van der Waals surface area contributed by atoms with Crippen molar-refractivity contribution in [3.8, 4) is 0 Å². The molecule has 2 rings (SSSR count). The molecule has 0 saturated carbocycles. The van der Waals surface area contributed by atoms with Gasteiger partial charge in [0.25, 0.3) is 0 Å². The largest absolute Gasteiger partial charge is 0.238 e. The third-order valence-electron chi connectivity index (χ3n) is 6.19. The second kappa shape index (κ2) is 14.8. The molecule has 1 aromatic rings. The predicted octanol–water partition coefficient (Wildman–Crippen LogP) is 9.44. The van der Waals surface area contributed by atoms with E-state index in [0.717, 1.165) is 31.3 Å². The summed E-state index contributed by atoms with van der Waals surface area (Å²) in [5, 5.41) is 0. The van der Waals surface area contributed by atoms with Crippen LogP contribution in [0.1, 0.15) is 83.8 Å². The van der Waals surface area contributed by atoms with Gasteiger partial charge in [-0.1, -0.05) is 113 Å². The second-order valence-corrected chi connectivity index (χ2v) is 9.06. The highest BCUT2D eigenvalue weighted by atomic mass is 19.1. The van der Waals surface area contributed by atoms with Crippen LogP contribution in [-0.2, 0) is 12.8 Å². The van der Waals surface area contributed by atoms with Crippen LogP contribution in [0, 0.1) is 5.92 Å². The lowest BCUT2D eigenvalue weighted by Gasteiger charge is -2.13. The maximum absolute atomic E-state index is 15.2. The quantitative estimate of drug-likeness (QED) is 0.214. The van der Waals surface area contributed by atoms with Crippen molar-refractivity contribution >= 4 is 0 Å². The Morgan fingerprint density at radius 1 is 0.938 bits per heavy atom. The van der Waals surface area contributed by atoms with Crippen molar-refractivity contribution in [2.75, 3.05) is 0 Å². The van der Waals surface area contributed by atoms with Crippen LogP contribution in [0.5, 0.6) is 0 Å². The van der Waals surface area contributed by atoms with E-state index in [1.807, 2.05) is 6.08 Å². The number of aryl methyl sites for hydroxylation is 1. The van der Waals surface area contributed by atoms with Gasteiger partial charge in [-0.15, -0.1) is 0 Å². The summed E-state index contributed by atoms with van der Waals surface area (Å²) >= 11 is 0. The Balaban J connectivity index is 2.00. The molecule has 174 valence electrons. The van der Waals surface area contributed by atoms with Gasteiger partial charge in [-0.05, 0) is 72.8 Å². The minimum Gasteiger partial charge on any atom is -0.238 e. The van der Waals surface area contributed by atoms with E-state index in [0.29, 0.717) is 6.42 Å². The molecular weight excluding hydrogens is 391 g/mol. The molecule has 1 aromatic carbocycles. The fraction of sp³-hybridized carbons (Fsp3) is 0.484. The van der Waals surface area contributed by atoms with Crippen LogP contribution in [-0.4, -0.2) is 6.17 Å². The molecule has 0 radical (unpaired) electrons. The van der Waals surface area contributed by atoms with Gasteiger partial charge in [0.15, 0.2) is 0 Å². The molecule has 0 N–H and O–H groups in total. The molecule has 2 unspecified atom stereocenters. The highest BCUT2D eigenvalue weighted by Gasteiger charge is 2.12. The van der Waals surface area contributed by atoms with Crippen molar-refractivity contribution in [3.63, 3.8) is 0 Å². The minimum absolute atomic E-state index is 0.201. The molecule has 2 atom stereocenters. The average Bonchev–Trinajstić information content (AvgIpc) is 3.04. The fourth-order valence-electron chi connectivity index (χ4n) is 4.18. The number of hydrogen-bond acceptors (Lipinski definition) is 0. The van der Waals surface area contributed by atoms with Crippen molar-refractivity contribution in [2.24, 2.45) is 5.92 Å². The van der Waals surface area contributed by atoms with Gasteiger partial charge in [0.05, 0.1) is 0 Å². The Morgan fingerprint density at radius 3 is 2.38 bits per heavy atom. The third-order valence-corrected chi connectivity index (χ3v) is 6.19. The molecule has 0 nitrogen and oxygen atoms in total.